The van der Waals surface area contributed by atoms with Gasteiger partial charge in [0.1, 0.15) is 5.75 Å². The number of carboxylic acid groups (broad SMARTS) is 1. The minimum atomic E-state index is -0.964. The third-order valence-electron chi connectivity index (χ3n) is 2.48. The van der Waals surface area contributed by atoms with Crippen molar-refractivity contribution in [2.24, 2.45) is 0 Å². The van der Waals surface area contributed by atoms with Crippen molar-refractivity contribution in [1.82, 2.24) is 0 Å². The molecule has 0 heterocycles. The molecule has 1 N–H and O–H groups in total. The molecule has 0 bridgehead atoms. The molecule has 1 atom stereocenters. The van der Waals surface area contributed by atoms with Crippen LogP contribution in [-0.4, -0.2) is 17.2 Å². The second-order valence-electron chi connectivity index (χ2n) is 3.70. The van der Waals surface area contributed by atoms with Crippen molar-refractivity contribution >= 4 is 39.3 Å². The van der Waals surface area contributed by atoms with Gasteiger partial charge in [0.05, 0.1) is 3.57 Å². The van der Waals surface area contributed by atoms with Gasteiger partial charge in [-0.05, 0) is 46.4 Å². The molecule has 2 rings (SSSR count). The second-order valence-corrected chi connectivity index (χ2v) is 4.78. The van der Waals surface area contributed by atoms with Crippen LogP contribution < -0.4 is 4.74 Å². The SMILES string of the molecule is C[C@@H](Oc1ccc2ccccc2c1I)C(=O)O. The Morgan fingerprint density at radius 1 is 1.29 bits per heavy atom. The molecule has 0 aromatic heterocycles. The van der Waals surface area contributed by atoms with Gasteiger partial charge in [-0.2, -0.15) is 0 Å². The van der Waals surface area contributed by atoms with Crippen molar-refractivity contribution in [2.75, 3.05) is 0 Å². The number of hydrogen-bond donors (Lipinski definition) is 1. The van der Waals surface area contributed by atoms with Gasteiger partial charge in [-0.25, -0.2) is 4.79 Å². The van der Waals surface area contributed by atoms with Gasteiger partial charge in [0.25, 0.3) is 0 Å². The Bertz CT molecular complexity index is 566. The maximum atomic E-state index is 10.8. The van der Waals surface area contributed by atoms with Crippen LogP contribution in [0.15, 0.2) is 36.4 Å². The molecule has 0 amide bonds. The molecule has 0 aliphatic carbocycles. The fourth-order valence-electron chi connectivity index (χ4n) is 1.55. The van der Waals surface area contributed by atoms with Gasteiger partial charge in [0.2, 0.25) is 0 Å². The molecule has 0 spiro atoms. The lowest BCUT2D eigenvalue weighted by molar-refractivity contribution is -0.144. The highest BCUT2D eigenvalue weighted by Gasteiger charge is 2.15. The van der Waals surface area contributed by atoms with Crippen LogP contribution >= 0.6 is 22.6 Å². The van der Waals surface area contributed by atoms with Gasteiger partial charge in [0.15, 0.2) is 6.10 Å². The van der Waals surface area contributed by atoms with Crippen molar-refractivity contribution in [3.63, 3.8) is 0 Å². The van der Waals surface area contributed by atoms with Crippen LogP contribution in [0.5, 0.6) is 5.75 Å². The van der Waals surface area contributed by atoms with Gasteiger partial charge in [-0.15, -0.1) is 0 Å². The number of benzene rings is 2. The van der Waals surface area contributed by atoms with E-state index in [9.17, 15) is 4.79 Å². The van der Waals surface area contributed by atoms with E-state index in [0.717, 1.165) is 14.3 Å². The van der Waals surface area contributed by atoms with Crippen LogP contribution in [0.1, 0.15) is 6.92 Å². The lowest BCUT2D eigenvalue weighted by Crippen LogP contribution is -2.23. The highest BCUT2D eigenvalue weighted by atomic mass is 127. The first-order valence-electron chi connectivity index (χ1n) is 5.16. The van der Waals surface area contributed by atoms with Crippen molar-refractivity contribution in [3.05, 3.63) is 40.0 Å². The average Bonchev–Trinajstić information content (AvgIpc) is 2.33. The predicted molar refractivity (Wildman–Crippen MR) is 74.4 cm³/mol. The summed E-state index contributed by atoms with van der Waals surface area (Å²) in [4.78, 5) is 10.8. The molecule has 2 aromatic carbocycles. The third-order valence-corrected chi connectivity index (χ3v) is 3.59. The van der Waals surface area contributed by atoms with Crippen LogP contribution in [0.4, 0.5) is 0 Å². The molecule has 88 valence electrons. The van der Waals surface area contributed by atoms with Crippen LogP contribution in [0.25, 0.3) is 10.8 Å². The Kier molecular flexibility index (Phi) is 3.51. The quantitative estimate of drug-likeness (QED) is 0.871. The zero-order valence-electron chi connectivity index (χ0n) is 9.18. The van der Waals surface area contributed by atoms with Gasteiger partial charge in [0, 0.05) is 0 Å². The van der Waals surface area contributed by atoms with Crippen molar-refractivity contribution < 1.29 is 14.6 Å². The van der Waals surface area contributed by atoms with Crippen molar-refractivity contribution in [2.45, 2.75) is 13.0 Å². The summed E-state index contributed by atoms with van der Waals surface area (Å²) in [5, 5.41) is 11.0. The monoisotopic (exact) mass is 342 g/mol. The maximum Gasteiger partial charge on any atom is 0.344 e. The highest BCUT2D eigenvalue weighted by molar-refractivity contribution is 14.1. The Hall–Kier alpha value is -1.30. The molecule has 0 fully saturated rings. The number of fused-ring (bicyclic) bond motifs is 1. The molecule has 3 nitrogen and oxygen atoms in total. The summed E-state index contributed by atoms with van der Waals surface area (Å²) >= 11 is 2.18. The minimum absolute atomic E-state index is 0.610. The number of rotatable bonds is 3. The predicted octanol–water partition coefficient (Wildman–Crippen LogP) is 3.30. The largest absolute Gasteiger partial charge is 0.479 e. The van der Waals surface area contributed by atoms with Crippen molar-refractivity contribution in [3.8, 4) is 5.75 Å². The summed E-state index contributed by atoms with van der Waals surface area (Å²) in [6.45, 7) is 1.52. The lowest BCUT2D eigenvalue weighted by atomic mass is 10.1. The molecule has 2 aromatic rings. The molecule has 0 saturated heterocycles. The lowest BCUT2D eigenvalue weighted by Gasteiger charge is -2.13. The van der Waals surface area contributed by atoms with Gasteiger partial charge >= 0.3 is 5.97 Å². The number of carbonyl (C=O) groups is 1. The van der Waals surface area contributed by atoms with E-state index < -0.39 is 12.1 Å². The molecule has 0 unspecified atom stereocenters. The summed E-state index contributed by atoms with van der Waals surface area (Å²) in [5.41, 5.74) is 0. The summed E-state index contributed by atoms with van der Waals surface area (Å²) in [7, 11) is 0. The first-order chi connectivity index (χ1) is 8.09. The van der Waals surface area contributed by atoms with Gasteiger partial charge < -0.3 is 9.84 Å². The average molecular weight is 342 g/mol. The topological polar surface area (TPSA) is 46.5 Å². The fourth-order valence-corrected chi connectivity index (χ4v) is 2.34. The Morgan fingerprint density at radius 2 is 2.00 bits per heavy atom. The first-order valence-corrected chi connectivity index (χ1v) is 6.24. The van der Waals surface area contributed by atoms with Crippen LogP contribution in [0.2, 0.25) is 0 Å². The minimum Gasteiger partial charge on any atom is -0.479 e. The van der Waals surface area contributed by atoms with E-state index in [4.69, 9.17) is 9.84 Å². The Balaban J connectivity index is 2.42. The van der Waals surface area contributed by atoms with E-state index in [1.54, 1.807) is 0 Å². The molecular weight excluding hydrogens is 331 g/mol. The van der Waals surface area contributed by atoms with E-state index >= 15 is 0 Å². The second kappa shape index (κ2) is 4.91. The van der Waals surface area contributed by atoms with E-state index in [-0.39, 0.29) is 0 Å². The number of ether oxygens (including phenoxy) is 1. The van der Waals surface area contributed by atoms with E-state index in [1.165, 1.54) is 6.92 Å². The van der Waals surface area contributed by atoms with E-state index in [1.807, 2.05) is 36.4 Å². The molecule has 4 heteroatoms. The number of hydrogen-bond acceptors (Lipinski definition) is 2. The van der Waals surface area contributed by atoms with Crippen LogP contribution in [0.3, 0.4) is 0 Å². The summed E-state index contributed by atoms with van der Waals surface area (Å²) < 4.78 is 6.35. The molecule has 0 radical (unpaired) electrons. The van der Waals surface area contributed by atoms with Gasteiger partial charge in [-0.1, -0.05) is 30.3 Å². The number of carboxylic acids is 1. The molecule has 0 aliphatic heterocycles. The zero-order valence-corrected chi connectivity index (χ0v) is 11.3. The smallest absolute Gasteiger partial charge is 0.344 e. The molecule has 0 saturated carbocycles. The standard InChI is InChI=1S/C13H11IO3/c1-8(13(15)16)17-11-7-6-9-4-2-3-5-10(9)12(11)14/h2-8H,1H3,(H,15,16)/t8-/m1/s1. The summed E-state index contributed by atoms with van der Waals surface area (Å²) in [5.74, 6) is -0.354. The maximum absolute atomic E-state index is 10.8. The fraction of sp³-hybridized carbons (Fsp3) is 0.154. The number of halogens is 1. The molecule has 17 heavy (non-hydrogen) atoms. The highest BCUT2D eigenvalue weighted by Crippen LogP contribution is 2.29. The van der Waals surface area contributed by atoms with E-state index in [0.29, 0.717) is 5.75 Å². The van der Waals surface area contributed by atoms with Gasteiger partial charge in [-0.3, -0.25) is 0 Å². The van der Waals surface area contributed by atoms with Crippen molar-refractivity contribution in [1.29, 1.82) is 0 Å². The summed E-state index contributed by atoms with van der Waals surface area (Å²) in [6, 6.07) is 11.7. The first kappa shape index (κ1) is 12.2. The van der Waals surface area contributed by atoms with Crippen LogP contribution in [0, 0.1) is 3.57 Å². The van der Waals surface area contributed by atoms with E-state index in [2.05, 4.69) is 22.6 Å². The summed E-state index contributed by atoms with van der Waals surface area (Å²) in [6.07, 6.45) is -0.843. The Labute approximate surface area is 113 Å². The zero-order chi connectivity index (χ0) is 12.4. The normalized spacial score (nSPS) is 12.4. The molecular formula is C13H11IO3. The number of aliphatic carboxylic acids is 1. The Morgan fingerprint density at radius 3 is 2.71 bits per heavy atom. The molecule has 0 aliphatic rings. The van der Waals surface area contributed by atoms with Crippen LogP contribution in [-0.2, 0) is 4.79 Å². The third kappa shape index (κ3) is 2.52.